The minimum atomic E-state index is -1.34. The van der Waals surface area contributed by atoms with Crippen molar-refractivity contribution in [1.82, 2.24) is 4.57 Å². The fourth-order valence-corrected chi connectivity index (χ4v) is 3.40. The quantitative estimate of drug-likeness (QED) is 0.765. The molecule has 1 unspecified atom stereocenters. The van der Waals surface area contributed by atoms with Gasteiger partial charge < -0.3 is 19.1 Å². The van der Waals surface area contributed by atoms with E-state index in [-0.39, 0.29) is 29.3 Å². The van der Waals surface area contributed by atoms with Crippen molar-refractivity contribution >= 4 is 16.9 Å². The minimum Gasteiger partial charge on any atom is -0.497 e. The summed E-state index contributed by atoms with van der Waals surface area (Å²) >= 11 is 0. The maximum atomic E-state index is 15.0. The minimum absolute atomic E-state index is 0.00814. The van der Waals surface area contributed by atoms with Gasteiger partial charge in [0.25, 0.3) is 0 Å². The van der Waals surface area contributed by atoms with Gasteiger partial charge in [-0.2, -0.15) is 0 Å². The van der Waals surface area contributed by atoms with Crippen molar-refractivity contribution in [1.29, 1.82) is 0 Å². The smallest absolute Gasteiger partial charge is 0.341 e. The Balaban J connectivity index is 2.09. The van der Waals surface area contributed by atoms with E-state index in [9.17, 15) is 19.1 Å². The zero-order valence-electron chi connectivity index (χ0n) is 14.7. The van der Waals surface area contributed by atoms with E-state index in [2.05, 4.69) is 0 Å². The highest BCUT2D eigenvalue weighted by Crippen LogP contribution is 2.42. The first-order valence-corrected chi connectivity index (χ1v) is 8.34. The van der Waals surface area contributed by atoms with Gasteiger partial charge in [0.2, 0.25) is 5.43 Å². The van der Waals surface area contributed by atoms with Crippen LogP contribution >= 0.6 is 0 Å². The molecule has 0 radical (unpaired) electrons. The van der Waals surface area contributed by atoms with E-state index in [0.29, 0.717) is 16.8 Å². The van der Waals surface area contributed by atoms with Crippen LogP contribution in [-0.2, 0) is 0 Å². The molecule has 0 saturated carbocycles. The summed E-state index contributed by atoms with van der Waals surface area (Å²) in [5.74, 6) is -1.12. The second-order valence-corrected chi connectivity index (χ2v) is 6.43. The number of carbonyl (C=O) groups is 1. The van der Waals surface area contributed by atoms with Crippen LogP contribution in [0, 0.1) is 5.82 Å². The SMILES string of the molecule is COc1ccc(-c2c(F)cc3c(=O)c(C(=O)O)cn4c3c2OCC4C)cc1. The Morgan fingerprint density at radius 3 is 2.67 bits per heavy atom. The molecule has 0 bridgehead atoms. The number of rotatable bonds is 3. The van der Waals surface area contributed by atoms with Crippen molar-refractivity contribution in [2.45, 2.75) is 13.0 Å². The Bertz CT molecular complexity index is 1130. The van der Waals surface area contributed by atoms with Crippen LogP contribution in [0.15, 0.2) is 41.3 Å². The number of carboxylic acids is 1. The zero-order chi connectivity index (χ0) is 19.3. The van der Waals surface area contributed by atoms with E-state index in [1.165, 1.54) is 6.20 Å². The Morgan fingerprint density at radius 2 is 2.04 bits per heavy atom. The molecule has 1 aliphatic rings. The fraction of sp³-hybridized carbons (Fsp3) is 0.200. The molecule has 27 heavy (non-hydrogen) atoms. The summed E-state index contributed by atoms with van der Waals surface area (Å²) in [5, 5.41) is 9.31. The first-order chi connectivity index (χ1) is 12.9. The number of hydrogen-bond acceptors (Lipinski definition) is 4. The van der Waals surface area contributed by atoms with Gasteiger partial charge in [-0.1, -0.05) is 12.1 Å². The van der Waals surface area contributed by atoms with Crippen molar-refractivity contribution < 1.29 is 23.8 Å². The number of ether oxygens (including phenoxy) is 2. The van der Waals surface area contributed by atoms with E-state index in [0.717, 1.165) is 6.07 Å². The van der Waals surface area contributed by atoms with E-state index < -0.39 is 22.8 Å². The normalized spacial score (nSPS) is 15.4. The highest BCUT2D eigenvalue weighted by Gasteiger charge is 2.28. The van der Waals surface area contributed by atoms with Crippen LogP contribution in [-0.4, -0.2) is 29.4 Å². The van der Waals surface area contributed by atoms with Gasteiger partial charge in [0.05, 0.1) is 29.6 Å². The molecule has 1 atom stereocenters. The molecule has 0 amide bonds. The number of nitrogens with zero attached hydrogens (tertiary/aromatic N) is 1. The standard InChI is InChI=1S/C20H16FNO5/c1-10-9-27-19-16(11-3-5-12(26-2)6-4-11)15(21)7-13-17(19)22(10)8-14(18(13)23)20(24)25/h3-8,10H,9H2,1-2H3,(H,24,25). The van der Waals surface area contributed by atoms with Gasteiger partial charge in [-0.25, -0.2) is 9.18 Å². The van der Waals surface area contributed by atoms with Crippen molar-refractivity contribution in [3.63, 3.8) is 0 Å². The lowest BCUT2D eigenvalue weighted by Gasteiger charge is -2.28. The van der Waals surface area contributed by atoms with Gasteiger partial charge in [0.1, 0.15) is 23.7 Å². The Morgan fingerprint density at radius 1 is 1.33 bits per heavy atom. The largest absolute Gasteiger partial charge is 0.497 e. The summed E-state index contributed by atoms with van der Waals surface area (Å²) in [6.45, 7) is 2.07. The lowest BCUT2D eigenvalue weighted by atomic mass is 9.98. The van der Waals surface area contributed by atoms with Crippen LogP contribution in [0.5, 0.6) is 11.5 Å². The molecule has 0 fully saturated rings. The van der Waals surface area contributed by atoms with Gasteiger partial charge in [-0.05, 0) is 30.7 Å². The molecule has 2 aromatic carbocycles. The monoisotopic (exact) mass is 369 g/mol. The number of aromatic carboxylic acids is 1. The summed E-state index contributed by atoms with van der Waals surface area (Å²) in [6, 6.07) is 7.71. The summed E-state index contributed by atoms with van der Waals surface area (Å²) in [6.07, 6.45) is 1.30. The van der Waals surface area contributed by atoms with Crippen molar-refractivity contribution in [3.05, 3.63) is 58.1 Å². The average molecular weight is 369 g/mol. The molecule has 2 heterocycles. The summed E-state index contributed by atoms with van der Waals surface area (Å²) in [7, 11) is 1.54. The Hall–Kier alpha value is -3.35. The second-order valence-electron chi connectivity index (χ2n) is 6.43. The van der Waals surface area contributed by atoms with Crippen LogP contribution in [0.1, 0.15) is 23.3 Å². The lowest BCUT2D eigenvalue weighted by molar-refractivity contribution is 0.0694. The zero-order valence-corrected chi connectivity index (χ0v) is 14.7. The maximum Gasteiger partial charge on any atom is 0.341 e. The third kappa shape index (κ3) is 2.54. The van der Waals surface area contributed by atoms with Crippen molar-refractivity contribution in [2.24, 2.45) is 0 Å². The van der Waals surface area contributed by atoms with Gasteiger partial charge in [-0.3, -0.25) is 4.79 Å². The fourth-order valence-electron chi connectivity index (χ4n) is 3.40. The molecule has 0 aliphatic carbocycles. The van der Waals surface area contributed by atoms with Crippen LogP contribution < -0.4 is 14.9 Å². The number of halogens is 1. The third-order valence-corrected chi connectivity index (χ3v) is 4.78. The molecule has 0 spiro atoms. The predicted molar refractivity (Wildman–Crippen MR) is 97.3 cm³/mol. The number of methoxy groups -OCH3 is 1. The van der Waals surface area contributed by atoms with Crippen LogP contribution in [0.2, 0.25) is 0 Å². The Kier molecular flexibility index (Phi) is 3.87. The van der Waals surface area contributed by atoms with Crippen LogP contribution in [0.25, 0.3) is 22.0 Å². The highest BCUT2D eigenvalue weighted by molar-refractivity contribution is 5.98. The molecule has 3 aromatic rings. The third-order valence-electron chi connectivity index (χ3n) is 4.78. The molecule has 1 aromatic heterocycles. The molecule has 138 valence electrons. The van der Waals surface area contributed by atoms with Gasteiger partial charge in [-0.15, -0.1) is 0 Å². The van der Waals surface area contributed by atoms with Gasteiger partial charge in [0.15, 0.2) is 5.75 Å². The predicted octanol–water partition coefficient (Wildman–Crippen LogP) is 3.47. The van der Waals surface area contributed by atoms with Crippen LogP contribution in [0.4, 0.5) is 4.39 Å². The molecule has 0 saturated heterocycles. The molecule has 4 rings (SSSR count). The number of pyridine rings is 1. The van der Waals surface area contributed by atoms with Crippen LogP contribution in [0.3, 0.4) is 0 Å². The first kappa shape index (κ1) is 17.1. The maximum absolute atomic E-state index is 15.0. The number of aromatic nitrogens is 1. The molecule has 7 heteroatoms. The number of benzene rings is 2. The summed E-state index contributed by atoms with van der Waals surface area (Å²) in [4.78, 5) is 24.0. The van der Waals surface area contributed by atoms with Crippen molar-refractivity contribution in [3.8, 4) is 22.6 Å². The van der Waals surface area contributed by atoms with E-state index in [1.54, 1.807) is 35.9 Å². The van der Waals surface area contributed by atoms with Crippen molar-refractivity contribution in [2.75, 3.05) is 13.7 Å². The molecular weight excluding hydrogens is 353 g/mol. The van der Waals surface area contributed by atoms with E-state index in [4.69, 9.17) is 9.47 Å². The number of hydrogen-bond donors (Lipinski definition) is 1. The Labute approximate surface area is 153 Å². The van der Waals surface area contributed by atoms with E-state index >= 15 is 0 Å². The van der Waals surface area contributed by atoms with E-state index in [1.807, 2.05) is 6.92 Å². The lowest BCUT2D eigenvalue weighted by Crippen LogP contribution is -2.27. The second kappa shape index (κ2) is 6.12. The molecule has 6 nitrogen and oxygen atoms in total. The van der Waals surface area contributed by atoms with Gasteiger partial charge >= 0.3 is 5.97 Å². The topological polar surface area (TPSA) is 77.8 Å². The summed E-state index contributed by atoms with van der Waals surface area (Å²) < 4.78 is 27.6. The molecule has 1 aliphatic heterocycles. The highest BCUT2D eigenvalue weighted by atomic mass is 19.1. The molecule has 1 N–H and O–H groups in total. The number of carboxylic acid groups (broad SMARTS) is 1. The average Bonchev–Trinajstić information content (AvgIpc) is 2.66. The first-order valence-electron chi connectivity index (χ1n) is 8.34. The molecular formula is C20H16FNO5. The van der Waals surface area contributed by atoms with Gasteiger partial charge in [0, 0.05) is 6.20 Å². The summed E-state index contributed by atoms with van der Waals surface area (Å²) in [5.41, 5.74) is 0.0805.